The topological polar surface area (TPSA) is 234 Å². The first-order valence-corrected chi connectivity index (χ1v) is 12.9. The van der Waals surface area contributed by atoms with E-state index < -0.39 is 61.3 Å². The van der Waals surface area contributed by atoms with Crippen molar-refractivity contribution >= 4 is 22.9 Å². The molecule has 1 fully saturated rings. The quantitative estimate of drug-likeness (QED) is 0.114. The number of phenolic OH excluding ortho intramolecular Hbond substituents is 1. The lowest BCUT2D eigenvalue weighted by Gasteiger charge is -2.49. The summed E-state index contributed by atoms with van der Waals surface area (Å²) < 4.78 is 21.7. The molecule has 0 radical (unpaired) electrons. The number of aliphatic hydroxyl groups is 5. The van der Waals surface area contributed by atoms with E-state index in [0.717, 1.165) is 0 Å². The fourth-order valence-electron chi connectivity index (χ4n) is 4.65. The number of carbonyl (C=O) groups excluding carboxylic acids is 1. The third-order valence-electron chi connectivity index (χ3n) is 6.92. The van der Waals surface area contributed by atoms with Crippen LogP contribution >= 0.6 is 0 Å². The summed E-state index contributed by atoms with van der Waals surface area (Å²) in [4.78, 5) is 35.6. The van der Waals surface area contributed by atoms with Crippen molar-refractivity contribution < 1.29 is 64.0 Å². The van der Waals surface area contributed by atoms with Gasteiger partial charge in [0.05, 0.1) is 17.1 Å². The highest BCUT2D eigenvalue weighted by Crippen LogP contribution is 2.36. The average molecular weight is 591 g/mol. The standard InChI is InChI=1S/C28H30O14/c29-9-1-2-21(31)28(38)25(36)20(13-40-23(34)11-22(32)33)42-27(26(28)37)41-16-7-8-17-19(10-16)39-12-18(24(17)35)14-3-5-15(30)6-4-14/h3-8,10,12,20-21,25-27,29-31,36-38H,1-2,9,11,13H2,(H,32,33)/t20-,21+,25-,26+,27-,28+/m0/s1. The fourth-order valence-corrected chi connectivity index (χ4v) is 4.65. The van der Waals surface area contributed by atoms with Gasteiger partial charge in [-0.2, -0.15) is 0 Å². The van der Waals surface area contributed by atoms with Gasteiger partial charge in [0, 0.05) is 12.7 Å². The zero-order valence-electron chi connectivity index (χ0n) is 22.0. The van der Waals surface area contributed by atoms with Crippen LogP contribution in [0.25, 0.3) is 22.1 Å². The number of hydrogen-bond donors (Lipinski definition) is 7. The molecule has 42 heavy (non-hydrogen) atoms. The summed E-state index contributed by atoms with van der Waals surface area (Å²) in [6.07, 6.45) is -9.27. The number of aliphatic carboxylic acids is 1. The van der Waals surface area contributed by atoms with E-state index >= 15 is 0 Å². The Kier molecular flexibility index (Phi) is 9.46. The second kappa shape index (κ2) is 12.9. The van der Waals surface area contributed by atoms with Gasteiger partial charge in [-0.3, -0.25) is 14.4 Å². The van der Waals surface area contributed by atoms with Crippen molar-refractivity contribution in [3.63, 3.8) is 0 Å². The molecule has 0 aliphatic carbocycles. The first-order valence-electron chi connectivity index (χ1n) is 12.9. The zero-order chi connectivity index (χ0) is 30.6. The second-order valence-corrected chi connectivity index (χ2v) is 9.76. The highest BCUT2D eigenvalue weighted by Gasteiger charge is 2.59. The number of carboxylic acid groups (broad SMARTS) is 1. The molecule has 4 rings (SSSR count). The maximum absolute atomic E-state index is 13.1. The number of rotatable bonds is 11. The van der Waals surface area contributed by atoms with Gasteiger partial charge in [0.15, 0.2) is 11.0 Å². The smallest absolute Gasteiger partial charge is 0.317 e. The highest BCUT2D eigenvalue weighted by atomic mass is 16.7. The molecule has 7 N–H and O–H groups in total. The molecule has 14 nitrogen and oxygen atoms in total. The van der Waals surface area contributed by atoms with Crippen molar-refractivity contribution in [2.24, 2.45) is 0 Å². The largest absolute Gasteiger partial charge is 0.508 e. The molecule has 226 valence electrons. The van der Waals surface area contributed by atoms with E-state index in [4.69, 9.17) is 28.8 Å². The number of carboxylic acids is 1. The molecule has 0 saturated carbocycles. The monoisotopic (exact) mass is 590 g/mol. The second-order valence-electron chi connectivity index (χ2n) is 9.76. The molecule has 0 spiro atoms. The predicted octanol–water partition coefficient (Wildman–Crippen LogP) is -0.127. The predicted molar refractivity (Wildman–Crippen MR) is 141 cm³/mol. The van der Waals surface area contributed by atoms with Gasteiger partial charge in [-0.25, -0.2) is 0 Å². The van der Waals surface area contributed by atoms with Crippen LogP contribution in [0.1, 0.15) is 19.3 Å². The molecular formula is C28H30O14. The minimum absolute atomic E-state index is 0.00337. The average Bonchev–Trinajstić information content (AvgIpc) is 2.96. The summed E-state index contributed by atoms with van der Waals surface area (Å²) in [5.74, 6) is -2.62. The molecular weight excluding hydrogens is 560 g/mol. The number of aliphatic hydroxyl groups excluding tert-OH is 4. The number of esters is 1. The van der Waals surface area contributed by atoms with Crippen LogP contribution in [-0.4, -0.2) is 97.2 Å². The molecule has 0 bridgehead atoms. The fraction of sp³-hybridized carbons (Fsp3) is 0.393. The van der Waals surface area contributed by atoms with Gasteiger partial charge in [0.2, 0.25) is 6.29 Å². The maximum Gasteiger partial charge on any atom is 0.317 e. The Morgan fingerprint density at radius 1 is 1.07 bits per heavy atom. The van der Waals surface area contributed by atoms with E-state index in [0.29, 0.717) is 5.56 Å². The number of aromatic hydroxyl groups is 1. The third-order valence-corrected chi connectivity index (χ3v) is 6.92. The Morgan fingerprint density at radius 2 is 1.79 bits per heavy atom. The van der Waals surface area contributed by atoms with Gasteiger partial charge >= 0.3 is 11.9 Å². The van der Waals surface area contributed by atoms with Crippen LogP contribution in [0.5, 0.6) is 11.5 Å². The van der Waals surface area contributed by atoms with Crippen LogP contribution in [-0.2, 0) is 19.1 Å². The summed E-state index contributed by atoms with van der Waals surface area (Å²) in [5, 5.41) is 71.4. The number of benzene rings is 2. The van der Waals surface area contributed by atoms with Crippen molar-refractivity contribution in [1.29, 1.82) is 0 Å². The van der Waals surface area contributed by atoms with Gasteiger partial charge < -0.3 is 54.4 Å². The van der Waals surface area contributed by atoms with Gasteiger partial charge in [0.1, 0.15) is 54.7 Å². The van der Waals surface area contributed by atoms with Gasteiger partial charge in [-0.05, 0) is 42.7 Å². The van der Waals surface area contributed by atoms with Crippen molar-refractivity contribution in [3.05, 3.63) is 59.0 Å². The summed E-state index contributed by atoms with van der Waals surface area (Å²) in [6, 6.07) is 9.98. The van der Waals surface area contributed by atoms with E-state index in [-0.39, 0.29) is 52.9 Å². The Bertz CT molecular complexity index is 1470. The molecule has 0 unspecified atom stereocenters. The molecule has 2 heterocycles. The maximum atomic E-state index is 13.1. The normalized spacial score (nSPS) is 24.7. The van der Waals surface area contributed by atoms with Crippen molar-refractivity contribution in [3.8, 4) is 22.6 Å². The van der Waals surface area contributed by atoms with E-state index in [2.05, 4.69) is 0 Å². The lowest BCUT2D eigenvalue weighted by molar-refractivity contribution is -0.333. The third kappa shape index (κ3) is 6.38. The Balaban J connectivity index is 1.61. The summed E-state index contributed by atoms with van der Waals surface area (Å²) >= 11 is 0. The van der Waals surface area contributed by atoms with Crippen molar-refractivity contribution in [1.82, 2.24) is 0 Å². The SMILES string of the molecule is O=C(O)CC(=O)OC[C@@H]1O[C@H](Oc2ccc3c(=O)c(-c4ccc(O)cc4)coc3c2)[C@@H](O)[C@@](O)([C@H](O)CCCO)[C@H]1O. The molecule has 1 saturated heterocycles. The van der Waals surface area contributed by atoms with Crippen LogP contribution in [0.3, 0.4) is 0 Å². The Hall–Kier alpha value is -4.05. The van der Waals surface area contributed by atoms with Crippen LogP contribution < -0.4 is 10.2 Å². The minimum atomic E-state index is -2.69. The van der Waals surface area contributed by atoms with Gasteiger partial charge in [-0.1, -0.05) is 12.1 Å². The molecule has 0 amide bonds. The Labute approximate surface area is 237 Å². The summed E-state index contributed by atoms with van der Waals surface area (Å²) in [7, 11) is 0. The van der Waals surface area contributed by atoms with E-state index in [1.807, 2.05) is 0 Å². The number of ether oxygens (including phenoxy) is 3. The van der Waals surface area contributed by atoms with Crippen LogP contribution in [0.4, 0.5) is 0 Å². The van der Waals surface area contributed by atoms with Crippen LogP contribution in [0.15, 0.2) is 57.9 Å². The van der Waals surface area contributed by atoms with E-state index in [9.17, 15) is 39.9 Å². The Morgan fingerprint density at radius 3 is 2.45 bits per heavy atom. The highest BCUT2D eigenvalue weighted by molar-refractivity contribution is 5.90. The molecule has 2 aromatic carbocycles. The van der Waals surface area contributed by atoms with E-state index in [1.54, 1.807) is 12.1 Å². The van der Waals surface area contributed by atoms with Crippen LogP contribution in [0, 0.1) is 0 Å². The summed E-state index contributed by atoms with van der Waals surface area (Å²) in [5.41, 5.74) is -2.24. The minimum Gasteiger partial charge on any atom is -0.508 e. The lowest BCUT2D eigenvalue weighted by atomic mass is 9.78. The number of fused-ring (bicyclic) bond motifs is 1. The first kappa shape index (κ1) is 30.9. The van der Waals surface area contributed by atoms with E-state index in [1.165, 1.54) is 36.6 Å². The molecule has 1 aliphatic heterocycles. The summed E-state index contributed by atoms with van der Waals surface area (Å²) in [6.45, 7) is -1.12. The van der Waals surface area contributed by atoms with Gasteiger partial charge in [-0.15, -0.1) is 0 Å². The zero-order valence-corrected chi connectivity index (χ0v) is 22.0. The van der Waals surface area contributed by atoms with Crippen molar-refractivity contribution in [2.45, 2.75) is 55.6 Å². The molecule has 3 aromatic rings. The first-order chi connectivity index (χ1) is 19.9. The molecule has 1 aromatic heterocycles. The lowest BCUT2D eigenvalue weighted by Crippen LogP contribution is -2.72. The molecule has 1 aliphatic rings. The number of hydrogen-bond acceptors (Lipinski definition) is 13. The number of carbonyl (C=O) groups is 2. The van der Waals surface area contributed by atoms with Gasteiger partial charge in [0.25, 0.3) is 0 Å². The van der Waals surface area contributed by atoms with Crippen LogP contribution in [0.2, 0.25) is 0 Å². The number of phenols is 1. The molecule has 14 heteroatoms. The molecule has 6 atom stereocenters. The van der Waals surface area contributed by atoms with Crippen molar-refractivity contribution in [2.75, 3.05) is 13.2 Å².